The lowest BCUT2D eigenvalue weighted by molar-refractivity contribution is 0.0951. The van der Waals surface area contributed by atoms with Crippen molar-refractivity contribution in [2.75, 3.05) is 0 Å². The van der Waals surface area contributed by atoms with Gasteiger partial charge in [0.2, 0.25) is 0 Å². The maximum Gasteiger partial charge on any atom is 0.253 e. The summed E-state index contributed by atoms with van der Waals surface area (Å²) in [4.78, 5) is 17.5. The Balaban J connectivity index is 1.69. The highest BCUT2D eigenvalue weighted by Crippen LogP contribution is 2.21. The standard InChI is InChI=1S/C16H15ClN4OS/c1-10-7-11(2)21(20-10)15-6-3-12(8-18-15)16(22)19-9-13-4-5-14(17)23-13/h3-8H,9H2,1-2H3,(H,19,22). The Morgan fingerprint density at radius 1 is 1.30 bits per heavy atom. The smallest absolute Gasteiger partial charge is 0.253 e. The van der Waals surface area contributed by atoms with Gasteiger partial charge >= 0.3 is 0 Å². The zero-order chi connectivity index (χ0) is 16.4. The molecule has 0 aliphatic carbocycles. The van der Waals surface area contributed by atoms with Crippen LogP contribution in [0.15, 0.2) is 36.5 Å². The van der Waals surface area contributed by atoms with Gasteiger partial charge < -0.3 is 5.32 Å². The van der Waals surface area contributed by atoms with Crippen molar-refractivity contribution < 1.29 is 4.79 Å². The molecule has 1 N–H and O–H groups in total. The molecule has 0 bridgehead atoms. The third-order valence-electron chi connectivity index (χ3n) is 3.29. The fourth-order valence-corrected chi connectivity index (χ4v) is 3.25. The molecule has 3 rings (SSSR count). The predicted molar refractivity (Wildman–Crippen MR) is 91.3 cm³/mol. The van der Waals surface area contributed by atoms with Crippen LogP contribution < -0.4 is 5.32 Å². The predicted octanol–water partition coefficient (Wildman–Crippen LogP) is 3.53. The highest BCUT2D eigenvalue weighted by atomic mass is 35.5. The zero-order valence-corrected chi connectivity index (χ0v) is 14.3. The minimum Gasteiger partial charge on any atom is -0.347 e. The summed E-state index contributed by atoms with van der Waals surface area (Å²) < 4.78 is 2.47. The summed E-state index contributed by atoms with van der Waals surface area (Å²) in [6, 6.07) is 9.23. The SMILES string of the molecule is Cc1cc(C)n(-c2ccc(C(=O)NCc3ccc(Cl)s3)cn2)n1. The Kier molecular flexibility index (Phi) is 4.45. The molecule has 0 unspecified atom stereocenters. The molecule has 23 heavy (non-hydrogen) atoms. The lowest BCUT2D eigenvalue weighted by Gasteiger charge is -2.06. The minimum atomic E-state index is -0.165. The summed E-state index contributed by atoms with van der Waals surface area (Å²) in [5, 5.41) is 7.23. The van der Waals surface area contributed by atoms with Crippen LogP contribution in [0.4, 0.5) is 0 Å². The number of halogens is 1. The van der Waals surface area contributed by atoms with Gasteiger partial charge in [-0.25, -0.2) is 9.67 Å². The molecule has 0 fully saturated rings. The quantitative estimate of drug-likeness (QED) is 0.786. The molecule has 0 saturated heterocycles. The van der Waals surface area contributed by atoms with Crippen LogP contribution in [0, 0.1) is 13.8 Å². The van der Waals surface area contributed by atoms with Gasteiger partial charge in [0.25, 0.3) is 5.91 Å². The fourth-order valence-electron chi connectivity index (χ4n) is 2.22. The lowest BCUT2D eigenvalue weighted by atomic mass is 10.2. The van der Waals surface area contributed by atoms with Crippen LogP contribution in [0.2, 0.25) is 4.34 Å². The zero-order valence-electron chi connectivity index (χ0n) is 12.7. The average molecular weight is 347 g/mol. The van der Waals surface area contributed by atoms with E-state index in [2.05, 4.69) is 15.4 Å². The van der Waals surface area contributed by atoms with Gasteiger partial charge in [-0.05, 0) is 44.2 Å². The normalized spacial score (nSPS) is 10.7. The van der Waals surface area contributed by atoms with Crippen molar-refractivity contribution in [1.82, 2.24) is 20.1 Å². The van der Waals surface area contributed by atoms with E-state index in [0.29, 0.717) is 22.3 Å². The van der Waals surface area contributed by atoms with Crippen LogP contribution in [0.1, 0.15) is 26.6 Å². The second-order valence-electron chi connectivity index (χ2n) is 5.13. The molecule has 7 heteroatoms. The first-order chi connectivity index (χ1) is 11.0. The molecular formula is C16H15ClN4OS. The van der Waals surface area contributed by atoms with Crippen molar-refractivity contribution in [2.45, 2.75) is 20.4 Å². The third kappa shape index (κ3) is 3.60. The summed E-state index contributed by atoms with van der Waals surface area (Å²) in [5.74, 6) is 0.527. The molecule has 1 amide bonds. The second kappa shape index (κ2) is 6.52. The largest absolute Gasteiger partial charge is 0.347 e. The number of carbonyl (C=O) groups excluding carboxylic acids is 1. The number of hydrogen-bond acceptors (Lipinski definition) is 4. The van der Waals surface area contributed by atoms with E-state index in [-0.39, 0.29) is 5.91 Å². The Hall–Kier alpha value is -2.18. The van der Waals surface area contributed by atoms with Crippen molar-refractivity contribution in [2.24, 2.45) is 0 Å². The van der Waals surface area contributed by atoms with Crippen LogP contribution in [0.25, 0.3) is 5.82 Å². The second-order valence-corrected chi connectivity index (χ2v) is 6.93. The maximum atomic E-state index is 12.1. The number of pyridine rings is 1. The Labute approximate surface area is 142 Å². The lowest BCUT2D eigenvalue weighted by Crippen LogP contribution is -2.22. The number of carbonyl (C=O) groups is 1. The van der Waals surface area contributed by atoms with Crippen molar-refractivity contribution >= 4 is 28.8 Å². The molecule has 0 aliphatic heterocycles. The molecule has 3 heterocycles. The minimum absolute atomic E-state index is 0.165. The van der Waals surface area contributed by atoms with Crippen LogP contribution in [-0.4, -0.2) is 20.7 Å². The molecule has 0 atom stereocenters. The highest BCUT2D eigenvalue weighted by molar-refractivity contribution is 7.16. The molecule has 0 aromatic carbocycles. The summed E-state index contributed by atoms with van der Waals surface area (Å²) >= 11 is 7.32. The summed E-state index contributed by atoms with van der Waals surface area (Å²) in [6.45, 7) is 4.35. The van der Waals surface area contributed by atoms with Crippen LogP contribution in [0.3, 0.4) is 0 Å². The number of aromatic nitrogens is 3. The van der Waals surface area contributed by atoms with E-state index in [1.54, 1.807) is 23.0 Å². The molecule has 0 radical (unpaired) electrons. The number of nitrogens with one attached hydrogen (secondary N) is 1. The number of nitrogens with zero attached hydrogens (tertiary/aromatic N) is 3. The first-order valence-corrected chi connectivity index (χ1v) is 8.24. The Morgan fingerprint density at radius 2 is 2.13 bits per heavy atom. The van der Waals surface area contributed by atoms with E-state index >= 15 is 0 Å². The third-order valence-corrected chi connectivity index (χ3v) is 4.52. The molecule has 118 valence electrons. The van der Waals surface area contributed by atoms with Crippen molar-refractivity contribution in [3.05, 3.63) is 62.7 Å². The van der Waals surface area contributed by atoms with Gasteiger partial charge in [-0.3, -0.25) is 4.79 Å². The number of amides is 1. The van der Waals surface area contributed by atoms with E-state index in [4.69, 9.17) is 11.6 Å². The topological polar surface area (TPSA) is 59.8 Å². The van der Waals surface area contributed by atoms with E-state index in [1.165, 1.54) is 11.3 Å². The fraction of sp³-hybridized carbons (Fsp3) is 0.188. The summed E-state index contributed by atoms with van der Waals surface area (Å²) in [7, 11) is 0. The van der Waals surface area contributed by atoms with Crippen LogP contribution in [0.5, 0.6) is 0 Å². The monoisotopic (exact) mass is 346 g/mol. The molecule has 0 saturated carbocycles. The van der Waals surface area contributed by atoms with Crippen LogP contribution >= 0.6 is 22.9 Å². The first-order valence-electron chi connectivity index (χ1n) is 7.05. The molecule has 0 aliphatic rings. The molecule has 3 aromatic heterocycles. The summed E-state index contributed by atoms with van der Waals surface area (Å²) in [6.07, 6.45) is 1.56. The summed E-state index contributed by atoms with van der Waals surface area (Å²) in [5.41, 5.74) is 2.44. The van der Waals surface area contributed by atoms with Crippen molar-refractivity contribution in [3.8, 4) is 5.82 Å². The van der Waals surface area contributed by atoms with Gasteiger partial charge in [0, 0.05) is 16.8 Å². The Bertz CT molecular complexity index is 838. The van der Waals surface area contributed by atoms with E-state index in [0.717, 1.165) is 16.3 Å². The maximum absolute atomic E-state index is 12.1. The molecular weight excluding hydrogens is 332 g/mol. The number of hydrogen-bond donors (Lipinski definition) is 1. The molecule has 5 nitrogen and oxygen atoms in total. The highest BCUT2D eigenvalue weighted by Gasteiger charge is 2.09. The molecule has 3 aromatic rings. The van der Waals surface area contributed by atoms with E-state index in [9.17, 15) is 4.79 Å². The van der Waals surface area contributed by atoms with E-state index < -0.39 is 0 Å². The average Bonchev–Trinajstić information content (AvgIpc) is 3.10. The van der Waals surface area contributed by atoms with Crippen LogP contribution in [-0.2, 0) is 6.54 Å². The van der Waals surface area contributed by atoms with Gasteiger partial charge in [0.05, 0.1) is 22.1 Å². The number of rotatable bonds is 4. The van der Waals surface area contributed by atoms with Gasteiger partial charge in [0.15, 0.2) is 5.82 Å². The van der Waals surface area contributed by atoms with Crippen molar-refractivity contribution in [3.63, 3.8) is 0 Å². The first kappa shape index (κ1) is 15.7. The van der Waals surface area contributed by atoms with Gasteiger partial charge in [-0.15, -0.1) is 11.3 Å². The number of aryl methyl sites for hydroxylation is 2. The Morgan fingerprint density at radius 3 is 2.70 bits per heavy atom. The van der Waals surface area contributed by atoms with Gasteiger partial charge in [-0.2, -0.15) is 5.10 Å². The molecule has 0 spiro atoms. The number of thiophene rings is 1. The van der Waals surface area contributed by atoms with Gasteiger partial charge in [0.1, 0.15) is 0 Å². The van der Waals surface area contributed by atoms with E-state index in [1.807, 2.05) is 32.0 Å². The van der Waals surface area contributed by atoms with Gasteiger partial charge in [-0.1, -0.05) is 11.6 Å². The van der Waals surface area contributed by atoms with Crippen molar-refractivity contribution in [1.29, 1.82) is 0 Å².